The van der Waals surface area contributed by atoms with Crippen LogP contribution in [0, 0.1) is 5.82 Å². The maximum atomic E-state index is 14.3. The highest BCUT2D eigenvalue weighted by atomic mass is 19.1. The Morgan fingerprint density at radius 2 is 1.64 bits per heavy atom. The summed E-state index contributed by atoms with van der Waals surface area (Å²) in [6, 6.07) is 14.5. The largest absolute Gasteiger partial charge is 0.491 e. The Hall–Kier alpha value is -3.68. The van der Waals surface area contributed by atoms with E-state index in [0.717, 1.165) is 17.5 Å². The second-order valence-corrected chi connectivity index (χ2v) is 8.25. The van der Waals surface area contributed by atoms with Crippen molar-refractivity contribution in [3.05, 3.63) is 66.1 Å². The molecule has 7 nitrogen and oxygen atoms in total. The fourth-order valence-corrected chi connectivity index (χ4v) is 3.07. The Morgan fingerprint density at radius 1 is 1.03 bits per heavy atom. The van der Waals surface area contributed by atoms with Gasteiger partial charge in [-0.2, -0.15) is 4.98 Å². The second kappa shape index (κ2) is 10.3. The monoisotopic (exact) mass is 452 g/mol. The molecule has 0 unspecified atom stereocenters. The molecule has 0 amide bonds. The topological polar surface area (TPSA) is 85.4 Å². The number of rotatable bonds is 9. The summed E-state index contributed by atoms with van der Waals surface area (Å²) in [5, 5.41) is 6.02. The molecule has 0 aliphatic heterocycles. The van der Waals surface area contributed by atoms with Crippen LogP contribution in [-0.4, -0.2) is 28.6 Å². The van der Waals surface area contributed by atoms with Gasteiger partial charge in [-0.05, 0) is 76.6 Å². The summed E-state index contributed by atoms with van der Waals surface area (Å²) in [5.74, 6) is 0.151. The zero-order valence-electron chi connectivity index (χ0n) is 19.5. The number of carbonyl (C=O) groups is 1. The number of hydrogen-bond donors (Lipinski definition) is 2. The van der Waals surface area contributed by atoms with Crippen molar-refractivity contribution in [3.8, 4) is 5.75 Å². The Balaban J connectivity index is 1.71. The fraction of sp³-hybridized carbons (Fsp3) is 0.320. The van der Waals surface area contributed by atoms with Crippen LogP contribution in [0.4, 0.5) is 27.5 Å². The molecule has 2 aromatic carbocycles. The molecule has 8 heteroatoms. The van der Waals surface area contributed by atoms with Gasteiger partial charge in [0.25, 0.3) is 0 Å². The molecule has 0 fully saturated rings. The first-order chi connectivity index (χ1) is 15.7. The summed E-state index contributed by atoms with van der Waals surface area (Å²) in [4.78, 5) is 20.5. The first kappa shape index (κ1) is 24.0. The molecule has 0 saturated heterocycles. The number of halogens is 1. The zero-order chi connectivity index (χ0) is 24.0. The molecular weight excluding hydrogens is 423 g/mol. The Kier molecular flexibility index (Phi) is 7.48. The Labute approximate surface area is 193 Å². The predicted molar refractivity (Wildman–Crippen MR) is 127 cm³/mol. The minimum absolute atomic E-state index is 0.0464. The van der Waals surface area contributed by atoms with E-state index >= 15 is 0 Å². The average Bonchev–Trinajstić information content (AvgIpc) is 2.77. The Morgan fingerprint density at radius 3 is 2.24 bits per heavy atom. The van der Waals surface area contributed by atoms with Crippen molar-refractivity contribution in [2.75, 3.05) is 17.2 Å². The second-order valence-electron chi connectivity index (χ2n) is 8.25. The van der Waals surface area contributed by atoms with Crippen molar-refractivity contribution in [3.63, 3.8) is 0 Å². The van der Waals surface area contributed by atoms with E-state index < -0.39 is 11.2 Å². The highest BCUT2D eigenvalue weighted by Gasteiger charge is 2.31. The SMILES string of the molecule is CCOC(=O)C(C)(C)c1ccc(Nc2ncc(F)c(Nc3ccc(OC(C)C)cc3)n2)cc1. The molecule has 3 aromatic rings. The summed E-state index contributed by atoms with van der Waals surface area (Å²) in [7, 11) is 0. The van der Waals surface area contributed by atoms with Crippen molar-refractivity contribution < 1.29 is 18.7 Å². The third-order valence-electron chi connectivity index (χ3n) is 4.88. The average molecular weight is 453 g/mol. The molecule has 2 N–H and O–H groups in total. The standard InChI is InChI=1S/C25H29FN4O3/c1-6-32-23(31)25(4,5)17-7-9-19(10-8-17)29-24-27-15-21(26)22(30-24)28-18-11-13-20(14-12-18)33-16(2)3/h7-16H,6H2,1-5H3,(H2,27,28,29,30). The van der Waals surface area contributed by atoms with Crippen LogP contribution in [-0.2, 0) is 14.9 Å². The van der Waals surface area contributed by atoms with Crippen LogP contribution < -0.4 is 15.4 Å². The van der Waals surface area contributed by atoms with E-state index in [0.29, 0.717) is 18.0 Å². The summed E-state index contributed by atoms with van der Waals surface area (Å²) < 4.78 is 25.1. The molecule has 0 aliphatic carbocycles. The Bertz CT molecular complexity index is 1080. The van der Waals surface area contributed by atoms with Crippen LogP contribution in [0.5, 0.6) is 5.75 Å². The van der Waals surface area contributed by atoms with Gasteiger partial charge in [0.05, 0.1) is 24.3 Å². The molecule has 1 aromatic heterocycles. The smallest absolute Gasteiger partial charge is 0.315 e. The van der Waals surface area contributed by atoms with Crippen molar-refractivity contribution in [1.82, 2.24) is 9.97 Å². The summed E-state index contributed by atoms with van der Waals surface area (Å²) in [5.41, 5.74) is 1.42. The van der Waals surface area contributed by atoms with E-state index in [1.807, 2.05) is 52.0 Å². The normalized spacial score (nSPS) is 11.2. The molecule has 0 saturated carbocycles. The van der Waals surface area contributed by atoms with Gasteiger partial charge in [-0.15, -0.1) is 0 Å². The zero-order valence-corrected chi connectivity index (χ0v) is 19.5. The van der Waals surface area contributed by atoms with E-state index in [4.69, 9.17) is 9.47 Å². The van der Waals surface area contributed by atoms with Gasteiger partial charge in [0.15, 0.2) is 11.6 Å². The number of carbonyl (C=O) groups excluding carboxylic acids is 1. The molecule has 0 bridgehead atoms. The fourth-order valence-electron chi connectivity index (χ4n) is 3.07. The third-order valence-corrected chi connectivity index (χ3v) is 4.88. The summed E-state index contributed by atoms with van der Waals surface area (Å²) >= 11 is 0. The van der Waals surface area contributed by atoms with Crippen molar-refractivity contribution >= 4 is 29.1 Å². The van der Waals surface area contributed by atoms with Gasteiger partial charge < -0.3 is 20.1 Å². The van der Waals surface area contributed by atoms with Gasteiger partial charge in [0.2, 0.25) is 5.95 Å². The minimum atomic E-state index is -0.770. The minimum Gasteiger partial charge on any atom is -0.491 e. The molecule has 1 heterocycles. The highest BCUT2D eigenvalue weighted by Crippen LogP contribution is 2.27. The number of nitrogens with zero attached hydrogens (tertiary/aromatic N) is 2. The third kappa shape index (κ3) is 6.19. The van der Waals surface area contributed by atoms with E-state index in [-0.39, 0.29) is 23.8 Å². The maximum Gasteiger partial charge on any atom is 0.315 e. The lowest BCUT2D eigenvalue weighted by Crippen LogP contribution is -2.31. The molecule has 0 radical (unpaired) electrons. The number of esters is 1. The highest BCUT2D eigenvalue weighted by molar-refractivity contribution is 5.82. The van der Waals surface area contributed by atoms with Gasteiger partial charge >= 0.3 is 5.97 Å². The van der Waals surface area contributed by atoms with Gasteiger partial charge in [0, 0.05) is 11.4 Å². The number of hydrogen-bond acceptors (Lipinski definition) is 7. The van der Waals surface area contributed by atoms with Crippen LogP contribution in [0.15, 0.2) is 54.7 Å². The number of aromatic nitrogens is 2. The van der Waals surface area contributed by atoms with Gasteiger partial charge in [-0.3, -0.25) is 4.79 Å². The number of ether oxygens (including phenoxy) is 2. The molecule has 3 rings (SSSR count). The predicted octanol–water partition coefficient (Wildman–Crippen LogP) is 5.73. The van der Waals surface area contributed by atoms with Crippen molar-refractivity contribution in [1.29, 1.82) is 0 Å². The lowest BCUT2D eigenvalue weighted by atomic mass is 9.84. The molecular formula is C25H29FN4O3. The van der Waals surface area contributed by atoms with Crippen LogP contribution >= 0.6 is 0 Å². The number of benzene rings is 2. The molecule has 174 valence electrons. The van der Waals surface area contributed by atoms with Crippen molar-refractivity contribution in [2.24, 2.45) is 0 Å². The van der Waals surface area contributed by atoms with Gasteiger partial charge in [0.1, 0.15) is 5.75 Å². The van der Waals surface area contributed by atoms with E-state index in [1.54, 1.807) is 31.2 Å². The quantitative estimate of drug-likeness (QED) is 0.401. The maximum absolute atomic E-state index is 14.3. The first-order valence-corrected chi connectivity index (χ1v) is 10.8. The molecule has 33 heavy (non-hydrogen) atoms. The van der Waals surface area contributed by atoms with Crippen LogP contribution in [0.25, 0.3) is 0 Å². The lowest BCUT2D eigenvalue weighted by molar-refractivity contribution is -0.148. The van der Waals surface area contributed by atoms with Gasteiger partial charge in [-0.25, -0.2) is 9.37 Å². The summed E-state index contributed by atoms with van der Waals surface area (Å²) in [6.45, 7) is 9.64. The molecule has 0 atom stereocenters. The van der Waals surface area contributed by atoms with Gasteiger partial charge in [-0.1, -0.05) is 12.1 Å². The van der Waals surface area contributed by atoms with E-state index in [2.05, 4.69) is 20.6 Å². The van der Waals surface area contributed by atoms with Crippen LogP contribution in [0.3, 0.4) is 0 Å². The first-order valence-electron chi connectivity index (χ1n) is 10.8. The molecule has 0 aliphatic rings. The molecule has 0 spiro atoms. The lowest BCUT2D eigenvalue weighted by Gasteiger charge is -2.23. The van der Waals surface area contributed by atoms with Crippen LogP contribution in [0.1, 0.15) is 40.2 Å². The number of anilines is 4. The van der Waals surface area contributed by atoms with Crippen LogP contribution in [0.2, 0.25) is 0 Å². The summed E-state index contributed by atoms with van der Waals surface area (Å²) in [6.07, 6.45) is 1.17. The number of nitrogens with one attached hydrogen (secondary N) is 2. The van der Waals surface area contributed by atoms with Crippen molar-refractivity contribution in [2.45, 2.75) is 46.1 Å². The van der Waals surface area contributed by atoms with E-state index in [1.165, 1.54) is 0 Å². The van der Waals surface area contributed by atoms with E-state index in [9.17, 15) is 9.18 Å².